The summed E-state index contributed by atoms with van der Waals surface area (Å²) in [5, 5.41) is 14.5. The lowest BCUT2D eigenvalue weighted by atomic mass is 9.84. The van der Waals surface area contributed by atoms with Crippen molar-refractivity contribution in [3.63, 3.8) is 0 Å². The summed E-state index contributed by atoms with van der Waals surface area (Å²) in [5.74, 6) is 0.427. The molecule has 2 N–H and O–H groups in total. The Morgan fingerprint density at radius 3 is 2.60 bits per heavy atom. The average molecular weight is 496 g/mol. The van der Waals surface area contributed by atoms with E-state index >= 15 is 0 Å². The van der Waals surface area contributed by atoms with Gasteiger partial charge >= 0.3 is 5.97 Å². The lowest BCUT2D eigenvalue weighted by Crippen LogP contribution is -2.38. The number of carbonyl (C=O) groups is 2. The van der Waals surface area contributed by atoms with Crippen molar-refractivity contribution >= 4 is 34.2 Å². The molecule has 0 spiro atoms. The van der Waals surface area contributed by atoms with Gasteiger partial charge in [-0.15, -0.1) is 11.3 Å². The highest BCUT2D eigenvalue weighted by atomic mass is 32.1. The summed E-state index contributed by atoms with van der Waals surface area (Å²) in [6.45, 7) is 4.40. The SMILES string of the molecule is CCC(CC)n1c(Cc2cccs2)nc2cc(C(=O)N[C@H](CC(=O)O)CC3CCCCC3)ccc21. The Hall–Kier alpha value is -2.67. The molecule has 6 nitrogen and oxygen atoms in total. The van der Waals surface area contributed by atoms with Crippen molar-refractivity contribution in [1.82, 2.24) is 14.9 Å². The van der Waals surface area contributed by atoms with Gasteiger partial charge in [0.05, 0.1) is 17.5 Å². The second kappa shape index (κ2) is 11.8. The van der Waals surface area contributed by atoms with Gasteiger partial charge in [0.1, 0.15) is 5.82 Å². The van der Waals surface area contributed by atoms with Crippen LogP contribution in [0.5, 0.6) is 0 Å². The topological polar surface area (TPSA) is 84.2 Å². The van der Waals surface area contributed by atoms with Crippen molar-refractivity contribution in [2.24, 2.45) is 5.92 Å². The molecule has 0 saturated heterocycles. The van der Waals surface area contributed by atoms with Crippen LogP contribution in [0.25, 0.3) is 11.0 Å². The van der Waals surface area contributed by atoms with Crippen molar-refractivity contribution in [2.75, 3.05) is 0 Å². The van der Waals surface area contributed by atoms with Crippen molar-refractivity contribution in [3.05, 3.63) is 52.0 Å². The summed E-state index contributed by atoms with van der Waals surface area (Å²) in [5.41, 5.74) is 2.40. The Kier molecular flexibility index (Phi) is 8.60. The molecule has 35 heavy (non-hydrogen) atoms. The maximum Gasteiger partial charge on any atom is 0.305 e. The van der Waals surface area contributed by atoms with Gasteiger partial charge in [-0.1, -0.05) is 52.0 Å². The minimum absolute atomic E-state index is 0.0429. The van der Waals surface area contributed by atoms with Gasteiger partial charge in [0.15, 0.2) is 0 Å². The van der Waals surface area contributed by atoms with Gasteiger partial charge in [0.2, 0.25) is 0 Å². The van der Waals surface area contributed by atoms with Crippen LogP contribution < -0.4 is 5.32 Å². The number of imidazole rings is 1. The lowest BCUT2D eigenvalue weighted by Gasteiger charge is -2.26. The van der Waals surface area contributed by atoms with Gasteiger partial charge in [-0.25, -0.2) is 4.98 Å². The number of carbonyl (C=O) groups excluding carboxylic acids is 1. The molecule has 4 rings (SSSR count). The predicted octanol–water partition coefficient (Wildman–Crippen LogP) is 6.59. The average Bonchev–Trinajstić information content (AvgIpc) is 3.48. The van der Waals surface area contributed by atoms with Crippen LogP contribution in [-0.4, -0.2) is 32.6 Å². The standard InChI is InChI=1S/C28H37N3O3S/c1-3-22(4-2)31-25-13-12-20(16-24(25)30-26(31)18-23-11-8-14-35-23)28(34)29-21(17-27(32)33)15-19-9-6-5-7-10-19/h8,11-14,16,19,21-22H,3-7,9-10,15,17-18H2,1-2H3,(H,29,34)(H,32,33)/t21-/m0/s1. The third-order valence-electron chi connectivity index (χ3n) is 7.34. The molecule has 1 fully saturated rings. The zero-order valence-electron chi connectivity index (χ0n) is 20.8. The number of hydrogen-bond donors (Lipinski definition) is 2. The van der Waals surface area contributed by atoms with Crippen molar-refractivity contribution < 1.29 is 14.7 Å². The molecule has 1 saturated carbocycles. The Morgan fingerprint density at radius 1 is 1.17 bits per heavy atom. The molecule has 1 aliphatic carbocycles. The fraction of sp³-hybridized carbons (Fsp3) is 0.536. The maximum absolute atomic E-state index is 13.2. The summed E-state index contributed by atoms with van der Waals surface area (Å²) in [4.78, 5) is 30.9. The molecule has 1 aromatic carbocycles. The number of rotatable bonds is 11. The van der Waals surface area contributed by atoms with Gasteiger partial charge in [-0.3, -0.25) is 9.59 Å². The molecule has 7 heteroatoms. The normalized spacial score (nSPS) is 15.5. The van der Waals surface area contributed by atoms with E-state index < -0.39 is 5.97 Å². The Morgan fingerprint density at radius 2 is 1.94 bits per heavy atom. The molecule has 0 bridgehead atoms. The highest BCUT2D eigenvalue weighted by molar-refractivity contribution is 7.09. The maximum atomic E-state index is 13.2. The second-order valence-corrected chi connectivity index (χ2v) is 10.9. The van der Waals surface area contributed by atoms with Gasteiger partial charge in [-0.2, -0.15) is 0 Å². The van der Waals surface area contributed by atoms with Crippen LogP contribution in [0.2, 0.25) is 0 Å². The number of carboxylic acid groups (broad SMARTS) is 1. The molecule has 1 aliphatic rings. The second-order valence-electron chi connectivity index (χ2n) is 9.84. The number of thiophene rings is 1. The summed E-state index contributed by atoms with van der Waals surface area (Å²) < 4.78 is 2.34. The molecule has 2 heterocycles. The predicted molar refractivity (Wildman–Crippen MR) is 141 cm³/mol. The van der Waals surface area contributed by atoms with Crippen LogP contribution in [0, 0.1) is 5.92 Å². The highest BCUT2D eigenvalue weighted by Gasteiger charge is 2.24. The summed E-state index contributed by atoms with van der Waals surface area (Å²) in [6.07, 6.45) is 9.38. The Balaban J connectivity index is 1.58. The molecular formula is C28H37N3O3S. The molecule has 1 atom stereocenters. The molecule has 3 aromatic rings. The molecule has 0 unspecified atom stereocenters. The van der Waals surface area contributed by atoms with E-state index in [1.165, 1.54) is 24.1 Å². The zero-order valence-corrected chi connectivity index (χ0v) is 21.7. The van der Waals surface area contributed by atoms with E-state index in [2.05, 4.69) is 41.2 Å². The van der Waals surface area contributed by atoms with Crippen LogP contribution >= 0.6 is 11.3 Å². The van der Waals surface area contributed by atoms with Crippen molar-refractivity contribution in [2.45, 2.75) is 90.1 Å². The van der Waals surface area contributed by atoms with E-state index in [0.29, 0.717) is 17.5 Å². The fourth-order valence-corrected chi connectivity index (χ4v) is 6.24. The van der Waals surface area contributed by atoms with E-state index in [1.54, 1.807) is 11.3 Å². The van der Waals surface area contributed by atoms with E-state index in [9.17, 15) is 14.7 Å². The molecule has 1 amide bonds. The van der Waals surface area contributed by atoms with Crippen molar-refractivity contribution in [1.29, 1.82) is 0 Å². The van der Waals surface area contributed by atoms with Crippen molar-refractivity contribution in [3.8, 4) is 0 Å². The number of carboxylic acids is 1. The first-order chi connectivity index (χ1) is 17.0. The van der Waals surface area contributed by atoms with Crippen LogP contribution in [0.1, 0.15) is 98.7 Å². The lowest BCUT2D eigenvalue weighted by molar-refractivity contribution is -0.137. The van der Waals surface area contributed by atoms with Crippen LogP contribution in [0.4, 0.5) is 0 Å². The molecule has 0 aliphatic heterocycles. The zero-order chi connectivity index (χ0) is 24.8. The van der Waals surface area contributed by atoms with E-state index in [1.807, 2.05) is 18.2 Å². The molecule has 0 radical (unpaired) electrons. The molecular weight excluding hydrogens is 458 g/mol. The number of benzene rings is 1. The number of aliphatic carboxylic acids is 1. The van der Waals surface area contributed by atoms with E-state index in [4.69, 9.17) is 4.98 Å². The first-order valence-electron chi connectivity index (χ1n) is 13.0. The summed E-state index contributed by atoms with van der Waals surface area (Å²) >= 11 is 1.73. The van der Waals surface area contributed by atoms with Crippen LogP contribution in [0.15, 0.2) is 35.7 Å². The third-order valence-corrected chi connectivity index (χ3v) is 8.22. The van der Waals surface area contributed by atoms with Crippen LogP contribution in [-0.2, 0) is 11.2 Å². The minimum atomic E-state index is -0.872. The van der Waals surface area contributed by atoms with E-state index in [-0.39, 0.29) is 18.4 Å². The number of hydrogen-bond acceptors (Lipinski definition) is 4. The summed E-state index contributed by atoms with van der Waals surface area (Å²) in [7, 11) is 0. The number of aromatic nitrogens is 2. The monoisotopic (exact) mass is 495 g/mol. The third kappa shape index (κ3) is 6.31. The first kappa shape index (κ1) is 25.4. The number of nitrogens with zero attached hydrogens (tertiary/aromatic N) is 2. The Bertz CT molecular complexity index is 1130. The number of fused-ring (bicyclic) bond motifs is 1. The number of nitrogens with one attached hydrogen (secondary N) is 1. The summed E-state index contributed by atoms with van der Waals surface area (Å²) in [6, 6.07) is 9.91. The molecule has 188 valence electrons. The molecule has 2 aromatic heterocycles. The minimum Gasteiger partial charge on any atom is -0.481 e. The number of amides is 1. The van der Waals surface area contributed by atoms with Gasteiger partial charge in [-0.05, 0) is 54.8 Å². The van der Waals surface area contributed by atoms with Gasteiger partial charge < -0.3 is 15.0 Å². The van der Waals surface area contributed by atoms with Crippen LogP contribution in [0.3, 0.4) is 0 Å². The highest BCUT2D eigenvalue weighted by Crippen LogP contribution is 2.30. The quantitative estimate of drug-likeness (QED) is 0.314. The fourth-order valence-electron chi connectivity index (χ4n) is 5.54. The largest absolute Gasteiger partial charge is 0.481 e. The van der Waals surface area contributed by atoms with E-state index in [0.717, 1.165) is 55.4 Å². The Labute approximate surface area is 211 Å². The first-order valence-corrected chi connectivity index (χ1v) is 13.9. The smallest absolute Gasteiger partial charge is 0.305 e. The van der Waals surface area contributed by atoms with Gasteiger partial charge in [0, 0.05) is 28.9 Å². The van der Waals surface area contributed by atoms with Gasteiger partial charge in [0.25, 0.3) is 5.91 Å².